The van der Waals surface area contributed by atoms with E-state index >= 15 is 0 Å². The molecule has 2 unspecified atom stereocenters. The third-order valence-corrected chi connectivity index (χ3v) is 5.07. The van der Waals surface area contributed by atoms with Gasteiger partial charge in [-0.2, -0.15) is 0 Å². The van der Waals surface area contributed by atoms with Crippen LogP contribution in [0.25, 0.3) is 10.8 Å². The van der Waals surface area contributed by atoms with E-state index in [-0.39, 0.29) is 18.4 Å². The normalized spacial score (nSPS) is 19.1. The van der Waals surface area contributed by atoms with Crippen molar-refractivity contribution in [3.05, 3.63) is 48.0 Å². The molecule has 28 heavy (non-hydrogen) atoms. The zero-order chi connectivity index (χ0) is 19.9. The van der Waals surface area contributed by atoms with Gasteiger partial charge in [0, 0.05) is 6.61 Å². The van der Waals surface area contributed by atoms with Crippen LogP contribution in [0.15, 0.2) is 42.5 Å². The van der Waals surface area contributed by atoms with Crippen molar-refractivity contribution in [2.75, 3.05) is 13.2 Å². The van der Waals surface area contributed by atoms with Crippen LogP contribution in [0, 0.1) is 0 Å². The zero-order valence-corrected chi connectivity index (χ0v) is 16.1. The van der Waals surface area contributed by atoms with Gasteiger partial charge in [0.05, 0.1) is 25.2 Å². The lowest BCUT2D eigenvalue weighted by Crippen LogP contribution is -2.39. The Morgan fingerprint density at radius 1 is 1.21 bits per heavy atom. The third-order valence-electron chi connectivity index (χ3n) is 5.07. The molecule has 6 nitrogen and oxygen atoms in total. The molecule has 6 heteroatoms. The standard InChI is InChI=1S/C22H27NO5/c1-15(28-14-17-9-4-5-12-27-17)22(26)23-20(13-21(24)25)19-11-6-8-16-7-2-3-10-18(16)19/h2-3,6-8,10-11,15,17,20H,4-5,9,12-14H2,1H3,(H,23,26)(H,24,25)/t15?,17?,20-/m1/s1. The number of nitrogens with one attached hydrogen (secondary N) is 1. The highest BCUT2D eigenvalue weighted by atomic mass is 16.5. The number of carboxylic acid groups (broad SMARTS) is 1. The average molecular weight is 385 g/mol. The first kappa shape index (κ1) is 20.3. The Hall–Kier alpha value is -2.44. The van der Waals surface area contributed by atoms with E-state index in [9.17, 15) is 14.7 Å². The van der Waals surface area contributed by atoms with Crippen molar-refractivity contribution in [1.29, 1.82) is 0 Å². The summed E-state index contributed by atoms with van der Waals surface area (Å²) in [7, 11) is 0. The fourth-order valence-electron chi connectivity index (χ4n) is 3.52. The van der Waals surface area contributed by atoms with E-state index in [0.717, 1.165) is 42.2 Å². The predicted octanol–water partition coefficient (Wildman–Crippen LogP) is 3.45. The van der Waals surface area contributed by atoms with Gasteiger partial charge in [0.15, 0.2) is 0 Å². The highest BCUT2D eigenvalue weighted by Gasteiger charge is 2.24. The second-order valence-electron chi connectivity index (χ2n) is 7.19. The predicted molar refractivity (Wildman–Crippen MR) is 106 cm³/mol. The number of ether oxygens (including phenoxy) is 2. The van der Waals surface area contributed by atoms with Gasteiger partial charge in [-0.3, -0.25) is 9.59 Å². The van der Waals surface area contributed by atoms with E-state index in [0.29, 0.717) is 6.61 Å². The maximum absolute atomic E-state index is 12.6. The van der Waals surface area contributed by atoms with Gasteiger partial charge in [-0.25, -0.2) is 0 Å². The number of amides is 1. The Balaban J connectivity index is 1.69. The van der Waals surface area contributed by atoms with Gasteiger partial charge in [-0.05, 0) is 42.5 Å². The van der Waals surface area contributed by atoms with Gasteiger partial charge in [0.25, 0.3) is 0 Å². The fraction of sp³-hybridized carbons (Fsp3) is 0.455. The summed E-state index contributed by atoms with van der Waals surface area (Å²) in [5.41, 5.74) is 0.789. The maximum Gasteiger partial charge on any atom is 0.305 e. The van der Waals surface area contributed by atoms with Crippen LogP contribution in [0.1, 0.15) is 44.2 Å². The first-order valence-corrected chi connectivity index (χ1v) is 9.77. The highest BCUT2D eigenvalue weighted by molar-refractivity contribution is 5.88. The number of carbonyl (C=O) groups is 2. The number of hydrogen-bond acceptors (Lipinski definition) is 4. The summed E-state index contributed by atoms with van der Waals surface area (Å²) in [6.07, 6.45) is 2.25. The molecule has 3 atom stereocenters. The Bertz CT molecular complexity index is 810. The SMILES string of the molecule is CC(OCC1CCCCO1)C(=O)N[C@H](CC(=O)O)c1cccc2ccccc12. The molecule has 150 valence electrons. The van der Waals surface area contributed by atoms with Crippen LogP contribution in [-0.4, -0.2) is 42.4 Å². The second kappa shape index (κ2) is 9.66. The molecule has 0 saturated carbocycles. The summed E-state index contributed by atoms with van der Waals surface area (Å²) in [6.45, 7) is 2.78. The minimum absolute atomic E-state index is 0.0249. The van der Waals surface area contributed by atoms with Crippen molar-refractivity contribution in [2.24, 2.45) is 0 Å². The number of hydrogen-bond donors (Lipinski definition) is 2. The molecule has 0 radical (unpaired) electrons. The van der Waals surface area contributed by atoms with E-state index in [4.69, 9.17) is 9.47 Å². The molecule has 3 rings (SSSR count). The van der Waals surface area contributed by atoms with Gasteiger partial charge >= 0.3 is 5.97 Å². The van der Waals surface area contributed by atoms with Crippen LogP contribution in [-0.2, 0) is 19.1 Å². The topological polar surface area (TPSA) is 84.9 Å². The van der Waals surface area contributed by atoms with Crippen LogP contribution in [0.3, 0.4) is 0 Å². The highest BCUT2D eigenvalue weighted by Crippen LogP contribution is 2.26. The quantitative estimate of drug-likeness (QED) is 0.727. The minimum atomic E-state index is -0.970. The molecule has 2 N–H and O–H groups in total. The van der Waals surface area contributed by atoms with Crippen molar-refractivity contribution in [3.8, 4) is 0 Å². The van der Waals surface area contributed by atoms with Gasteiger partial charge < -0.3 is 19.9 Å². The fourth-order valence-corrected chi connectivity index (χ4v) is 3.52. The number of carboxylic acids is 1. The minimum Gasteiger partial charge on any atom is -0.481 e. The second-order valence-corrected chi connectivity index (χ2v) is 7.19. The molecular weight excluding hydrogens is 358 g/mol. The lowest BCUT2D eigenvalue weighted by molar-refractivity contribution is -0.139. The van der Waals surface area contributed by atoms with E-state index < -0.39 is 18.1 Å². The Morgan fingerprint density at radius 3 is 2.75 bits per heavy atom. The average Bonchev–Trinajstić information content (AvgIpc) is 2.71. The molecule has 1 aliphatic rings. The first-order chi connectivity index (χ1) is 13.5. The van der Waals surface area contributed by atoms with Crippen molar-refractivity contribution >= 4 is 22.6 Å². The van der Waals surface area contributed by atoms with Gasteiger partial charge in [-0.1, -0.05) is 42.5 Å². The summed E-state index contributed by atoms with van der Waals surface area (Å²) in [6, 6.07) is 12.8. The van der Waals surface area contributed by atoms with E-state index in [1.165, 1.54) is 0 Å². The molecule has 1 fully saturated rings. The van der Waals surface area contributed by atoms with E-state index in [2.05, 4.69) is 5.32 Å². The molecule has 1 saturated heterocycles. The lowest BCUT2D eigenvalue weighted by Gasteiger charge is -2.25. The smallest absolute Gasteiger partial charge is 0.305 e. The molecule has 0 aliphatic carbocycles. The Labute approximate surface area is 164 Å². The van der Waals surface area contributed by atoms with Gasteiger partial charge in [0.2, 0.25) is 5.91 Å². The van der Waals surface area contributed by atoms with Gasteiger partial charge in [0.1, 0.15) is 6.10 Å². The molecule has 0 spiro atoms. The summed E-state index contributed by atoms with van der Waals surface area (Å²) < 4.78 is 11.3. The monoisotopic (exact) mass is 385 g/mol. The van der Waals surface area contributed by atoms with Crippen molar-refractivity contribution in [1.82, 2.24) is 5.32 Å². The number of benzene rings is 2. The summed E-state index contributed by atoms with van der Waals surface area (Å²) >= 11 is 0. The number of rotatable bonds is 8. The van der Waals surface area contributed by atoms with Crippen LogP contribution in [0.4, 0.5) is 0 Å². The number of aliphatic carboxylic acids is 1. The van der Waals surface area contributed by atoms with Crippen molar-refractivity contribution in [2.45, 2.75) is 50.9 Å². The molecule has 0 aromatic heterocycles. The molecule has 2 aromatic rings. The summed E-state index contributed by atoms with van der Waals surface area (Å²) in [4.78, 5) is 24.1. The van der Waals surface area contributed by atoms with Crippen LogP contribution in [0.2, 0.25) is 0 Å². The van der Waals surface area contributed by atoms with Crippen molar-refractivity contribution < 1.29 is 24.2 Å². The van der Waals surface area contributed by atoms with Crippen LogP contribution >= 0.6 is 0 Å². The molecule has 2 aromatic carbocycles. The molecule has 1 heterocycles. The lowest BCUT2D eigenvalue weighted by atomic mass is 9.96. The summed E-state index contributed by atoms with van der Waals surface area (Å²) in [5.74, 6) is -1.29. The maximum atomic E-state index is 12.6. The van der Waals surface area contributed by atoms with E-state index in [1.807, 2.05) is 42.5 Å². The van der Waals surface area contributed by atoms with Crippen LogP contribution < -0.4 is 5.32 Å². The summed E-state index contributed by atoms with van der Waals surface area (Å²) in [5, 5.41) is 14.1. The Morgan fingerprint density at radius 2 is 2.00 bits per heavy atom. The molecular formula is C22H27NO5. The third kappa shape index (κ3) is 5.30. The first-order valence-electron chi connectivity index (χ1n) is 9.77. The van der Waals surface area contributed by atoms with Gasteiger partial charge in [-0.15, -0.1) is 0 Å². The van der Waals surface area contributed by atoms with Crippen LogP contribution in [0.5, 0.6) is 0 Å². The largest absolute Gasteiger partial charge is 0.481 e. The number of fused-ring (bicyclic) bond motifs is 1. The molecule has 0 bridgehead atoms. The van der Waals surface area contributed by atoms with Crippen molar-refractivity contribution in [3.63, 3.8) is 0 Å². The van der Waals surface area contributed by atoms with E-state index in [1.54, 1.807) is 6.92 Å². The molecule has 1 aliphatic heterocycles. The Kier molecular flexibility index (Phi) is 7.01. The zero-order valence-electron chi connectivity index (χ0n) is 16.1. The number of carbonyl (C=O) groups excluding carboxylic acids is 1. The molecule has 1 amide bonds.